The lowest BCUT2D eigenvalue weighted by Gasteiger charge is -2.15. The fraction of sp³-hybridized carbons (Fsp3) is 0.727. The average molecular weight is 365 g/mol. The van der Waals surface area contributed by atoms with Gasteiger partial charge in [-0.1, -0.05) is 50.5 Å². The van der Waals surface area contributed by atoms with Gasteiger partial charge in [0.1, 0.15) is 5.78 Å². The topological polar surface area (TPSA) is 63.6 Å². The number of aliphatic hydroxyl groups excluding tert-OH is 1. The fourth-order valence-electron chi connectivity index (χ4n) is 3.50. The number of hydrogen-bond acceptors (Lipinski definition) is 4. The van der Waals surface area contributed by atoms with Crippen LogP contribution in [0, 0.1) is 11.8 Å². The summed E-state index contributed by atoms with van der Waals surface area (Å²) in [5.74, 6) is 0.580. The molecule has 1 fully saturated rings. The van der Waals surface area contributed by atoms with E-state index in [9.17, 15) is 14.7 Å². The zero-order chi connectivity index (χ0) is 19.2. The molecule has 0 unspecified atom stereocenters. The van der Waals surface area contributed by atoms with E-state index in [0.717, 1.165) is 51.4 Å². The Morgan fingerprint density at radius 3 is 2.77 bits per heavy atom. The molecule has 4 nitrogen and oxygen atoms in total. The predicted octanol–water partition coefficient (Wildman–Crippen LogP) is 4.76. The number of carbonyl (C=O) groups excluding carboxylic acids is 2. The molecule has 0 aromatic carbocycles. The van der Waals surface area contributed by atoms with Crippen LogP contribution in [0.2, 0.25) is 0 Å². The van der Waals surface area contributed by atoms with Crippen molar-refractivity contribution < 1.29 is 19.4 Å². The van der Waals surface area contributed by atoms with Crippen molar-refractivity contribution in [2.45, 2.75) is 83.7 Å². The number of carbonyl (C=O) groups is 2. The third-order valence-electron chi connectivity index (χ3n) is 5.13. The molecule has 0 bridgehead atoms. The first kappa shape index (κ1) is 22.6. The minimum absolute atomic E-state index is 0.109. The first-order chi connectivity index (χ1) is 12.6. The van der Waals surface area contributed by atoms with Crippen LogP contribution in [-0.4, -0.2) is 30.1 Å². The summed E-state index contributed by atoms with van der Waals surface area (Å²) in [4.78, 5) is 23.2. The first-order valence-electron chi connectivity index (χ1n) is 10.2. The molecule has 0 amide bonds. The van der Waals surface area contributed by atoms with Crippen LogP contribution < -0.4 is 0 Å². The summed E-state index contributed by atoms with van der Waals surface area (Å²) in [5.41, 5.74) is 0. The maximum absolute atomic E-state index is 12.1. The van der Waals surface area contributed by atoms with Crippen LogP contribution in [0.5, 0.6) is 0 Å². The Balaban J connectivity index is 2.29. The largest absolute Gasteiger partial charge is 0.469 e. The summed E-state index contributed by atoms with van der Waals surface area (Å²) in [6.07, 6.45) is 17.4. The van der Waals surface area contributed by atoms with Crippen LogP contribution in [0.4, 0.5) is 0 Å². The number of allylic oxidation sites excluding steroid dienone is 3. The number of Topliss-reactive ketones (excluding diaryl/α,β-unsaturated/α-hetero) is 1. The van der Waals surface area contributed by atoms with Gasteiger partial charge < -0.3 is 9.84 Å². The molecule has 1 saturated carbocycles. The van der Waals surface area contributed by atoms with E-state index in [1.165, 1.54) is 7.11 Å². The Bertz CT molecular complexity index is 467. The van der Waals surface area contributed by atoms with Crippen molar-refractivity contribution in [3.05, 3.63) is 24.3 Å². The number of ether oxygens (including phenoxy) is 1. The number of ketones is 1. The van der Waals surface area contributed by atoms with Crippen molar-refractivity contribution in [3.8, 4) is 0 Å². The van der Waals surface area contributed by atoms with Gasteiger partial charge in [0.05, 0.1) is 13.2 Å². The number of hydrogen-bond donors (Lipinski definition) is 1. The summed E-state index contributed by atoms with van der Waals surface area (Å²) in [6.45, 7) is 2.16. The molecule has 1 rings (SSSR count). The van der Waals surface area contributed by atoms with Gasteiger partial charge in [-0.05, 0) is 44.4 Å². The maximum Gasteiger partial charge on any atom is 0.305 e. The summed E-state index contributed by atoms with van der Waals surface area (Å²) in [7, 11) is 1.40. The van der Waals surface area contributed by atoms with Gasteiger partial charge in [-0.25, -0.2) is 0 Å². The molecule has 0 aromatic rings. The average Bonchev–Trinajstić information content (AvgIpc) is 2.99. The maximum atomic E-state index is 12.1. The van der Waals surface area contributed by atoms with Crippen molar-refractivity contribution in [1.82, 2.24) is 0 Å². The van der Waals surface area contributed by atoms with E-state index < -0.39 is 0 Å². The van der Waals surface area contributed by atoms with Crippen LogP contribution in [0.1, 0.15) is 77.6 Å². The minimum atomic E-state index is -0.379. The molecule has 0 spiro atoms. The van der Waals surface area contributed by atoms with E-state index >= 15 is 0 Å². The lowest BCUT2D eigenvalue weighted by atomic mass is 9.89. The Morgan fingerprint density at radius 2 is 2.04 bits per heavy atom. The van der Waals surface area contributed by atoms with Gasteiger partial charge in [0.2, 0.25) is 0 Å². The zero-order valence-corrected chi connectivity index (χ0v) is 16.5. The van der Waals surface area contributed by atoms with Gasteiger partial charge in [0.15, 0.2) is 0 Å². The quantitative estimate of drug-likeness (QED) is 0.291. The van der Waals surface area contributed by atoms with Crippen LogP contribution in [0.15, 0.2) is 24.3 Å². The number of methoxy groups -OCH3 is 1. The Morgan fingerprint density at radius 1 is 1.27 bits per heavy atom. The van der Waals surface area contributed by atoms with E-state index in [4.69, 9.17) is 0 Å². The van der Waals surface area contributed by atoms with E-state index in [1.807, 2.05) is 12.2 Å². The van der Waals surface area contributed by atoms with Gasteiger partial charge in [-0.3, -0.25) is 9.59 Å². The molecule has 4 heteroatoms. The molecule has 3 atom stereocenters. The number of esters is 1. The summed E-state index contributed by atoms with van der Waals surface area (Å²) in [6, 6.07) is 0. The molecule has 1 aliphatic rings. The Hall–Kier alpha value is -1.42. The Labute approximate surface area is 158 Å². The fourth-order valence-corrected chi connectivity index (χ4v) is 3.50. The second-order valence-corrected chi connectivity index (χ2v) is 7.24. The van der Waals surface area contributed by atoms with Crippen LogP contribution >= 0.6 is 0 Å². The molecule has 148 valence electrons. The summed E-state index contributed by atoms with van der Waals surface area (Å²) in [5, 5.41) is 10.0. The summed E-state index contributed by atoms with van der Waals surface area (Å²) < 4.78 is 4.60. The molecule has 1 N–H and O–H groups in total. The van der Waals surface area contributed by atoms with Crippen molar-refractivity contribution in [2.75, 3.05) is 7.11 Å². The van der Waals surface area contributed by atoms with Gasteiger partial charge in [0.25, 0.3) is 0 Å². The van der Waals surface area contributed by atoms with Crippen molar-refractivity contribution >= 4 is 11.8 Å². The summed E-state index contributed by atoms with van der Waals surface area (Å²) >= 11 is 0. The lowest BCUT2D eigenvalue weighted by molar-refractivity contribution is -0.140. The standard InChI is InChI=1S/C22H36O4/c1-3-4-8-11-19(23)16-14-18-15-17-21(24)20(18)12-9-6-5-7-10-13-22(25)26-2/h5,7,14,16,18-20,23H,3-4,6,8-13,15,17H2,1-2H3/b7-5-,16-14+/t18-,19-,20+/m0/s1. The lowest BCUT2D eigenvalue weighted by Crippen LogP contribution is -2.14. The highest BCUT2D eigenvalue weighted by atomic mass is 16.5. The molecular weight excluding hydrogens is 328 g/mol. The van der Waals surface area contributed by atoms with Gasteiger partial charge in [-0.2, -0.15) is 0 Å². The highest BCUT2D eigenvalue weighted by molar-refractivity contribution is 5.83. The molecular formula is C22H36O4. The molecule has 0 heterocycles. The van der Waals surface area contributed by atoms with Gasteiger partial charge in [-0.15, -0.1) is 0 Å². The third kappa shape index (κ3) is 9.33. The SMILES string of the molecule is CCCCC[C@H](O)/C=C/[C@H]1CCC(=O)[C@@H]1CCC/C=C\CCC(=O)OC. The van der Waals surface area contributed by atoms with Crippen molar-refractivity contribution in [3.63, 3.8) is 0 Å². The third-order valence-corrected chi connectivity index (χ3v) is 5.13. The molecule has 1 aliphatic carbocycles. The smallest absolute Gasteiger partial charge is 0.305 e. The highest BCUT2D eigenvalue weighted by Gasteiger charge is 2.32. The molecule has 0 aliphatic heterocycles. The van der Waals surface area contributed by atoms with Crippen LogP contribution in [-0.2, 0) is 14.3 Å². The number of aliphatic hydroxyl groups is 1. The molecule has 0 aromatic heterocycles. The monoisotopic (exact) mass is 364 g/mol. The van der Waals surface area contributed by atoms with Crippen molar-refractivity contribution in [2.24, 2.45) is 11.8 Å². The second kappa shape index (κ2) is 13.7. The van der Waals surface area contributed by atoms with E-state index in [-0.39, 0.29) is 23.9 Å². The predicted molar refractivity (Wildman–Crippen MR) is 105 cm³/mol. The molecule has 0 radical (unpaired) electrons. The number of rotatable bonds is 13. The van der Waals surface area contributed by atoms with Gasteiger partial charge in [0, 0.05) is 18.8 Å². The first-order valence-corrected chi connectivity index (χ1v) is 10.2. The zero-order valence-electron chi connectivity index (χ0n) is 16.5. The van der Waals surface area contributed by atoms with Crippen LogP contribution in [0.25, 0.3) is 0 Å². The second-order valence-electron chi connectivity index (χ2n) is 7.24. The molecule has 0 saturated heterocycles. The molecule has 26 heavy (non-hydrogen) atoms. The van der Waals surface area contributed by atoms with E-state index in [0.29, 0.717) is 25.0 Å². The van der Waals surface area contributed by atoms with Crippen molar-refractivity contribution in [1.29, 1.82) is 0 Å². The van der Waals surface area contributed by atoms with Crippen LogP contribution in [0.3, 0.4) is 0 Å². The highest BCUT2D eigenvalue weighted by Crippen LogP contribution is 2.33. The number of unbranched alkanes of at least 4 members (excludes halogenated alkanes) is 3. The minimum Gasteiger partial charge on any atom is -0.469 e. The van der Waals surface area contributed by atoms with Gasteiger partial charge >= 0.3 is 5.97 Å². The van der Waals surface area contributed by atoms with E-state index in [1.54, 1.807) is 0 Å². The Kier molecular flexibility index (Phi) is 12.0. The normalized spacial score (nSPS) is 21.7. The van der Waals surface area contributed by atoms with E-state index in [2.05, 4.69) is 23.8 Å².